The van der Waals surface area contributed by atoms with E-state index in [-0.39, 0.29) is 25.9 Å². The molecule has 0 amide bonds. The van der Waals surface area contributed by atoms with Crippen LogP contribution >= 0.6 is 0 Å². The zero-order valence-corrected chi connectivity index (χ0v) is 48.8. The van der Waals surface area contributed by atoms with Crippen molar-refractivity contribution in [1.29, 1.82) is 0 Å². The minimum Gasteiger partial charge on any atom is -0.479 e. The Kier molecular flexibility index (Phi) is 48.7. The lowest BCUT2D eigenvalue weighted by atomic mass is 9.98. The van der Waals surface area contributed by atoms with Gasteiger partial charge in [0.1, 0.15) is 18.8 Å². The van der Waals surface area contributed by atoms with E-state index >= 15 is 0 Å². The number of aliphatic hydroxyl groups excluding tert-OH is 2. The van der Waals surface area contributed by atoms with Crippen LogP contribution in [-0.4, -0.2) is 89.2 Å². The Morgan fingerprint density at radius 3 is 1.30 bits per heavy atom. The van der Waals surface area contributed by atoms with Crippen LogP contribution in [0.4, 0.5) is 0 Å². The first kappa shape index (κ1) is 71.9. The highest BCUT2D eigenvalue weighted by Gasteiger charge is 2.50. The minimum absolute atomic E-state index is 0.0768. The molecule has 1 saturated heterocycles. The zero-order chi connectivity index (χ0) is 57.5. The quantitative estimate of drug-likeness (QED) is 0.0228. The van der Waals surface area contributed by atoms with Gasteiger partial charge < -0.3 is 39.0 Å². The Bertz CT molecular complexity index is 1880. The Morgan fingerprint density at radius 2 is 0.823 bits per heavy atom. The van der Waals surface area contributed by atoms with Crippen LogP contribution in [0.2, 0.25) is 0 Å². The maximum atomic E-state index is 13.2. The molecule has 1 heterocycles. The number of allylic oxidation sites excluding steroid dienone is 22. The molecule has 1 fully saturated rings. The first-order valence-electron chi connectivity index (χ1n) is 30.2. The van der Waals surface area contributed by atoms with Crippen LogP contribution in [0.5, 0.6) is 0 Å². The summed E-state index contributed by atoms with van der Waals surface area (Å²) in [6.45, 7) is 5.67. The van der Waals surface area contributed by atoms with Crippen LogP contribution in [0, 0.1) is 0 Å². The predicted molar refractivity (Wildman–Crippen MR) is 321 cm³/mol. The SMILES string of the molecule is CC/C=C\C/C=C\C/C=C\C/C=C\C/C=C\C/C=C\CCC(=O)OC1C(OCC(COC(=O)CCCC/C=C\C/C=C\C/C=C\C/C=C\CC)OC(=O)CCCCCCC/C=C\CCCCCCCC)OC(C(=O)O)C(O)C1O. The van der Waals surface area contributed by atoms with Crippen LogP contribution in [0.1, 0.15) is 213 Å². The van der Waals surface area contributed by atoms with E-state index in [0.717, 1.165) is 109 Å². The number of aliphatic hydroxyl groups is 2. The van der Waals surface area contributed by atoms with E-state index in [1.165, 1.54) is 38.5 Å². The number of hydrogen-bond donors (Lipinski definition) is 3. The van der Waals surface area contributed by atoms with E-state index in [4.69, 9.17) is 23.7 Å². The van der Waals surface area contributed by atoms with Crippen molar-refractivity contribution in [1.82, 2.24) is 0 Å². The lowest BCUT2D eigenvalue weighted by molar-refractivity contribution is -0.301. The Balaban J connectivity index is 2.77. The molecule has 1 aliphatic rings. The predicted octanol–water partition coefficient (Wildman–Crippen LogP) is 15.8. The number of aliphatic carboxylic acids is 1. The average Bonchev–Trinajstić information content (AvgIpc) is 3.44. The normalized spacial score (nSPS) is 18.8. The summed E-state index contributed by atoms with van der Waals surface area (Å²) in [4.78, 5) is 51.1. The number of carbonyl (C=O) groups is 4. The topological polar surface area (TPSA) is 175 Å². The Morgan fingerprint density at radius 1 is 0.430 bits per heavy atom. The highest BCUT2D eigenvalue weighted by molar-refractivity contribution is 5.74. The molecular formula is C67H104O12. The van der Waals surface area contributed by atoms with Gasteiger partial charge in [-0.1, -0.05) is 206 Å². The van der Waals surface area contributed by atoms with Gasteiger partial charge in [-0.2, -0.15) is 0 Å². The number of unbranched alkanes of at least 4 members (excludes halogenated alkanes) is 13. The van der Waals surface area contributed by atoms with Crippen molar-refractivity contribution in [2.24, 2.45) is 0 Å². The largest absolute Gasteiger partial charge is 0.479 e. The van der Waals surface area contributed by atoms with Crippen molar-refractivity contribution < 1.29 is 58.2 Å². The van der Waals surface area contributed by atoms with Crippen molar-refractivity contribution in [2.45, 2.75) is 250 Å². The molecule has 79 heavy (non-hydrogen) atoms. The lowest BCUT2D eigenvalue weighted by Gasteiger charge is -2.40. The lowest BCUT2D eigenvalue weighted by Crippen LogP contribution is -2.61. The molecule has 1 rings (SSSR count). The Labute approximate surface area is 477 Å². The van der Waals surface area contributed by atoms with Crippen LogP contribution in [0.3, 0.4) is 0 Å². The smallest absolute Gasteiger partial charge is 0.335 e. The summed E-state index contributed by atoms with van der Waals surface area (Å²) in [6, 6.07) is 0. The van der Waals surface area contributed by atoms with Gasteiger partial charge in [0.25, 0.3) is 0 Å². The number of hydrogen-bond acceptors (Lipinski definition) is 11. The number of ether oxygens (including phenoxy) is 5. The van der Waals surface area contributed by atoms with Crippen LogP contribution in [0.15, 0.2) is 134 Å². The molecule has 12 heteroatoms. The van der Waals surface area contributed by atoms with Gasteiger partial charge >= 0.3 is 23.9 Å². The fraction of sp³-hybridized carbons (Fsp3) is 0.612. The van der Waals surface area contributed by atoms with Gasteiger partial charge in [-0.05, 0) is 122 Å². The monoisotopic (exact) mass is 1100 g/mol. The van der Waals surface area contributed by atoms with E-state index in [1.807, 2.05) is 18.2 Å². The van der Waals surface area contributed by atoms with Crippen molar-refractivity contribution in [3.05, 3.63) is 134 Å². The standard InChI is InChI=1S/C67H104O12/c1-4-7-10-13-16-19-22-25-28-29-30-31-34-37-40-43-46-49-52-55-61(70)78-65-63(72)62(71)64(66(73)74)79-67(65)76-57-58(77-60(69)54-51-48-45-42-39-36-33-27-24-21-18-15-12-9-6-3)56-75-59(68)53-50-47-44-41-38-35-32-26-23-20-17-14-11-8-5-2/h7-8,10-11,16-17,19-20,25-28,30-33,37-38,40-41,46,49,58,62-65,67,71-72H,4-6,9,12-15,18,21-24,29,34-36,39,42-45,47-48,50-57H2,1-3H3,(H,73,74)/b10-7-,11-8-,19-16-,20-17-,28-25-,31-30-,32-26-,33-27-,40-37-,41-38-,49-46-. The first-order valence-corrected chi connectivity index (χ1v) is 30.2. The second kappa shape index (κ2) is 53.5. The molecule has 3 N–H and O–H groups in total. The molecule has 0 saturated carbocycles. The van der Waals surface area contributed by atoms with E-state index in [1.54, 1.807) is 0 Å². The third kappa shape index (κ3) is 43.4. The van der Waals surface area contributed by atoms with Crippen molar-refractivity contribution >= 4 is 23.9 Å². The van der Waals surface area contributed by atoms with Crippen molar-refractivity contribution in [3.8, 4) is 0 Å². The van der Waals surface area contributed by atoms with Crippen molar-refractivity contribution in [2.75, 3.05) is 13.2 Å². The fourth-order valence-corrected chi connectivity index (χ4v) is 8.14. The molecular weight excluding hydrogens is 997 g/mol. The van der Waals surface area contributed by atoms with Gasteiger partial charge in [-0.3, -0.25) is 14.4 Å². The fourth-order valence-electron chi connectivity index (χ4n) is 8.14. The van der Waals surface area contributed by atoms with Gasteiger partial charge in [0, 0.05) is 19.3 Å². The first-order chi connectivity index (χ1) is 38.6. The summed E-state index contributed by atoms with van der Waals surface area (Å²) in [7, 11) is 0. The summed E-state index contributed by atoms with van der Waals surface area (Å²) >= 11 is 0. The zero-order valence-electron chi connectivity index (χ0n) is 48.8. The van der Waals surface area contributed by atoms with Crippen LogP contribution in [0.25, 0.3) is 0 Å². The highest BCUT2D eigenvalue weighted by atomic mass is 16.7. The van der Waals surface area contributed by atoms with E-state index in [0.29, 0.717) is 25.7 Å². The molecule has 6 unspecified atom stereocenters. The summed E-state index contributed by atoms with van der Waals surface area (Å²) in [5.41, 5.74) is 0. The number of carbonyl (C=O) groups excluding carboxylic acids is 3. The van der Waals surface area contributed by atoms with E-state index in [9.17, 15) is 34.5 Å². The molecule has 0 radical (unpaired) electrons. The van der Waals surface area contributed by atoms with Gasteiger partial charge in [-0.15, -0.1) is 0 Å². The molecule has 6 atom stereocenters. The van der Waals surface area contributed by atoms with Crippen LogP contribution in [-0.2, 0) is 42.9 Å². The molecule has 0 aliphatic carbocycles. The third-order valence-corrected chi connectivity index (χ3v) is 12.7. The second-order valence-corrected chi connectivity index (χ2v) is 19.9. The van der Waals surface area contributed by atoms with E-state index < -0.39 is 67.3 Å². The van der Waals surface area contributed by atoms with Gasteiger partial charge in [0.15, 0.2) is 24.6 Å². The minimum atomic E-state index is -1.94. The third-order valence-electron chi connectivity index (χ3n) is 12.7. The highest BCUT2D eigenvalue weighted by Crippen LogP contribution is 2.26. The summed E-state index contributed by atoms with van der Waals surface area (Å²) in [5.74, 6) is -3.32. The van der Waals surface area contributed by atoms with E-state index in [2.05, 4.69) is 136 Å². The summed E-state index contributed by atoms with van der Waals surface area (Å²) in [6.07, 6.45) is 62.9. The molecule has 12 nitrogen and oxygen atoms in total. The number of carboxylic acid groups (broad SMARTS) is 1. The van der Waals surface area contributed by atoms with Crippen molar-refractivity contribution in [3.63, 3.8) is 0 Å². The maximum Gasteiger partial charge on any atom is 0.335 e. The molecule has 444 valence electrons. The molecule has 1 aliphatic heterocycles. The van der Waals surface area contributed by atoms with Gasteiger partial charge in [-0.25, -0.2) is 4.79 Å². The average molecular weight is 1100 g/mol. The molecule has 0 aromatic carbocycles. The Hall–Kier alpha value is -5.14. The summed E-state index contributed by atoms with van der Waals surface area (Å²) in [5, 5.41) is 31.5. The van der Waals surface area contributed by atoms with Gasteiger partial charge in [0.2, 0.25) is 0 Å². The molecule has 0 aromatic rings. The molecule has 0 aromatic heterocycles. The molecule has 0 spiro atoms. The second-order valence-electron chi connectivity index (χ2n) is 19.9. The van der Waals surface area contributed by atoms with Crippen LogP contribution < -0.4 is 0 Å². The molecule has 0 bridgehead atoms. The maximum absolute atomic E-state index is 13.2. The number of carboxylic acids is 1. The van der Waals surface area contributed by atoms with Gasteiger partial charge in [0.05, 0.1) is 6.61 Å². The summed E-state index contributed by atoms with van der Waals surface area (Å²) < 4.78 is 28.3. The number of rotatable bonds is 49. The number of esters is 3.